The first-order valence-corrected chi connectivity index (χ1v) is 5.96. The molecule has 0 N–H and O–H groups in total. The molecule has 0 amide bonds. The van der Waals surface area contributed by atoms with Gasteiger partial charge in [-0.15, -0.1) is 0 Å². The molecule has 0 aromatic heterocycles. The van der Waals surface area contributed by atoms with Gasteiger partial charge in [0.2, 0.25) is 0 Å². The lowest BCUT2D eigenvalue weighted by Crippen LogP contribution is -1.90. The van der Waals surface area contributed by atoms with E-state index in [0.29, 0.717) is 17.0 Å². The third-order valence-electron chi connectivity index (χ3n) is 0.835. The molecular weight excluding hydrogens is 215 g/mol. The number of hydrogen-bond acceptors (Lipinski definition) is 5. The van der Waals surface area contributed by atoms with Crippen molar-refractivity contribution in [1.29, 1.82) is 0 Å². The smallest absolute Gasteiger partial charge is 0.335 e. The minimum Gasteiger partial charge on any atom is -0.409 e. The average Bonchev–Trinajstić information content (AvgIpc) is 2.06. The first kappa shape index (κ1) is 9.73. The third kappa shape index (κ3) is 3.36. The monoisotopic (exact) mass is 221 g/mol. The Balaban J connectivity index is 2.52. The van der Waals surface area contributed by atoms with Crippen molar-refractivity contribution in [2.45, 2.75) is 6.92 Å². The predicted octanol–water partition coefficient (Wildman–Crippen LogP) is 3.44. The summed E-state index contributed by atoms with van der Waals surface area (Å²) in [4.78, 5) is 10.9. The summed E-state index contributed by atoms with van der Waals surface area (Å²) in [6, 6.07) is 0. The molecule has 8 heteroatoms. The molecule has 0 fully saturated rings. The van der Waals surface area contributed by atoms with E-state index in [9.17, 15) is 4.79 Å². The van der Waals surface area contributed by atoms with Gasteiger partial charge in [0.15, 0.2) is 17.0 Å². The van der Waals surface area contributed by atoms with Gasteiger partial charge in [0.05, 0.1) is 0 Å². The molecule has 0 spiro atoms. The summed E-state index contributed by atoms with van der Waals surface area (Å²) in [7, 11) is -0.416. The summed E-state index contributed by atoms with van der Waals surface area (Å²) >= 11 is 0. The fourth-order valence-corrected chi connectivity index (χ4v) is 3.35. The van der Waals surface area contributed by atoms with E-state index in [1.165, 1.54) is 6.08 Å². The number of nitrogens with zero attached hydrogens (tertiary/aromatic N) is 3. The average molecular weight is 221 g/mol. The van der Waals surface area contributed by atoms with E-state index >= 15 is 0 Å². The molecule has 1 atom stereocenters. The molecule has 0 radical (unpaired) electrons. The van der Waals surface area contributed by atoms with E-state index in [0.717, 1.165) is 0 Å². The lowest BCUT2D eigenvalue weighted by molar-refractivity contribution is -0.128. The molecule has 0 saturated heterocycles. The zero-order valence-corrected chi connectivity index (χ0v) is 9.00. The molecule has 5 nitrogen and oxygen atoms in total. The van der Waals surface area contributed by atoms with Crippen LogP contribution in [0.3, 0.4) is 0 Å². The number of allylic oxidation sites excluding steroid dienone is 1. The van der Waals surface area contributed by atoms with Gasteiger partial charge in [-0.05, 0) is 6.92 Å². The molecule has 1 rings (SSSR count). The lowest BCUT2D eigenvalue weighted by Gasteiger charge is -2.00. The summed E-state index contributed by atoms with van der Waals surface area (Å²) in [5.41, 5.74) is 0. The van der Waals surface area contributed by atoms with Crippen LogP contribution in [0.25, 0.3) is 0 Å². The predicted molar refractivity (Wildman–Crippen MR) is 50.3 cm³/mol. The summed E-state index contributed by atoms with van der Waals surface area (Å²) in [5, 5.41) is 0. The van der Waals surface area contributed by atoms with Crippen molar-refractivity contribution in [2.24, 2.45) is 13.5 Å². The maximum atomic E-state index is 10.9. The molecule has 0 aromatic rings. The van der Waals surface area contributed by atoms with E-state index < -0.39 is 8.09 Å². The van der Waals surface area contributed by atoms with Gasteiger partial charge in [-0.2, -0.15) is 13.5 Å². The highest BCUT2D eigenvalue weighted by atomic mass is 31.2. The molecule has 0 saturated carbocycles. The van der Waals surface area contributed by atoms with Crippen molar-refractivity contribution in [2.75, 3.05) is 0 Å². The van der Waals surface area contributed by atoms with E-state index in [1.807, 2.05) is 0 Å². The fourth-order valence-electron chi connectivity index (χ4n) is 0.455. The molecule has 1 heterocycles. The second-order valence-electron chi connectivity index (χ2n) is 1.67. The highest BCUT2D eigenvalue weighted by Crippen LogP contribution is 2.41. The van der Waals surface area contributed by atoms with Crippen LogP contribution in [0.5, 0.6) is 0 Å². The molecular formula is C4H6N3O2P3. The Morgan fingerprint density at radius 3 is 3.00 bits per heavy atom. The molecule has 0 bridgehead atoms. The van der Waals surface area contributed by atoms with E-state index in [-0.39, 0.29) is 5.97 Å². The van der Waals surface area contributed by atoms with Gasteiger partial charge in [-0.1, -0.05) is 6.08 Å². The van der Waals surface area contributed by atoms with Crippen molar-refractivity contribution < 1.29 is 9.32 Å². The second kappa shape index (κ2) is 5.31. The molecule has 0 aromatic carbocycles. The molecule has 1 aliphatic rings. The van der Waals surface area contributed by atoms with E-state index in [1.54, 1.807) is 13.0 Å². The van der Waals surface area contributed by atoms with E-state index in [2.05, 4.69) is 13.5 Å². The van der Waals surface area contributed by atoms with Gasteiger partial charge in [0.25, 0.3) is 8.09 Å². The van der Waals surface area contributed by atoms with Gasteiger partial charge >= 0.3 is 5.97 Å². The standard InChI is InChI=1S/C4H6N3O2P3/c1-2-3-4(8)9-12-6-10-5-11-7-12/h2-3,12H,1H3/b3-2+. The Labute approximate surface area is 73.7 Å². The SMILES string of the molecule is C/C=C/C(=O)O[PH]1=NP=NP=N1. The Kier molecular flexibility index (Phi) is 4.31. The summed E-state index contributed by atoms with van der Waals surface area (Å²) in [5.74, 6) is -0.383. The zero-order chi connectivity index (χ0) is 8.81. The van der Waals surface area contributed by atoms with Crippen molar-refractivity contribution in [3.8, 4) is 0 Å². The summed E-state index contributed by atoms with van der Waals surface area (Å²) in [6.07, 6.45) is 2.97. The van der Waals surface area contributed by atoms with Gasteiger partial charge in [-0.3, -0.25) is 0 Å². The normalized spacial score (nSPS) is 23.6. The molecule has 0 aliphatic carbocycles. The minimum atomic E-state index is -1.64. The number of carbonyl (C=O) groups is 1. The fraction of sp³-hybridized carbons (Fsp3) is 0.250. The van der Waals surface area contributed by atoms with Gasteiger partial charge < -0.3 is 4.52 Å². The third-order valence-corrected chi connectivity index (χ3v) is 3.94. The number of hydrogen-bond donors (Lipinski definition) is 0. The van der Waals surface area contributed by atoms with Crippen molar-refractivity contribution in [3.63, 3.8) is 0 Å². The van der Waals surface area contributed by atoms with Crippen LogP contribution in [-0.4, -0.2) is 5.97 Å². The summed E-state index contributed by atoms with van der Waals surface area (Å²) < 4.78 is 16.5. The molecule has 1 unspecified atom stereocenters. The highest BCUT2D eigenvalue weighted by molar-refractivity contribution is 7.56. The van der Waals surface area contributed by atoms with Crippen LogP contribution in [0.15, 0.2) is 25.7 Å². The van der Waals surface area contributed by atoms with Gasteiger partial charge in [0, 0.05) is 6.08 Å². The number of carbonyl (C=O) groups excluding carboxylic acids is 1. The molecule has 64 valence electrons. The maximum Gasteiger partial charge on any atom is 0.335 e. The topological polar surface area (TPSA) is 63.4 Å². The molecule has 1 aliphatic heterocycles. The van der Waals surface area contributed by atoms with Crippen LogP contribution in [0, 0.1) is 0 Å². The Hall–Kier alpha value is -0.360. The van der Waals surface area contributed by atoms with E-state index in [4.69, 9.17) is 4.52 Å². The van der Waals surface area contributed by atoms with Crippen molar-refractivity contribution in [3.05, 3.63) is 12.2 Å². The Bertz CT molecular complexity index is 296. The maximum absolute atomic E-state index is 10.9. The quantitative estimate of drug-likeness (QED) is 0.529. The first-order chi connectivity index (χ1) is 5.83. The highest BCUT2D eigenvalue weighted by Gasteiger charge is 2.01. The molecule has 12 heavy (non-hydrogen) atoms. The lowest BCUT2D eigenvalue weighted by atomic mass is 10.5. The van der Waals surface area contributed by atoms with Crippen LogP contribution >= 0.6 is 25.1 Å². The Morgan fingerprint density at radius 1 is 1.58 bits per heavy atom. The minimum absolute atomic E-state index is 0.383. The largest absolute Gasteiger partial charge is 0.409 e. The second-order valence-corrected chi connectivity index (χ2v) is 5.11. The Morgan fingerprint density at radius 2 is 2.42 bits per heavy atom. The van der Waals surface area contributed by atoms with Gasteiger partial charge in [-0.25, -0.2) is 4.79 Å². The van der Waals surface area contributed by atoms with Crippen LogP contribution in [-0.2, 0) is 9.32 Å². The van der Waals surface area contributed by atoms with Crippen LogP contribution < -0.4 is 0 Å². The van der Waals surface area contributed by atoms with Crippen molar-refractivity contribution in [1.82, 2.24) is 0 Å². The number of rotatable bonds is 2. The van der Waals surface area contributed by atoms with Gasteiger partial charge in [0.1, 0.15) is 0 Å². The van der Waals surface area contributed by atoms with Crippen LogP contribution in [0.1, 0.15) is 6.92 Å². The summed E-state index contributed by atoms with van der Waals surface area (Å²) in [6.45, 7) is 1.75. The first-order valence-electron chi connectivity index (χ1n) is 3.06. The zero-order valence-electron chi connectivity index (χ0n) is 6.21. The van der Waals surface area contributed by atoms with Crippen LogP contribution in [0.2, 0.25) is 0 Å². The van der Waals surface area contributed by atoms with Crippen LogP contribution in [0.4, 0.5) is 0 Å². The van der Waals surface area contributed by atoms with Crippen molar-refractivity contribution >= 4 is 31.1 Å².